The number of nitrogens with one attached hydrogen (secondary N) is 3. The first kappa shape index (κ1) is 30.0. The van der Waals surface area contributed by atoms with Gasteiger partial charge in [-0.2, -0.15) is 0 Å². The van der Waals surface area contributed by atoms with Crippen molar-refractivity contribution in [2.75, 3.05) is 23.8 Å². The number of aromatic nitrogens is 1. The third kappa shape index (κ3) is 8.08. The summed E-state index contributed by atoms with van der Waals surface area (Å²) >= 11 is 0. The van der Waals surface area contributed by atoms with E-state index >= 15 is 0 Å². The minimum absolute atomic E-state index is 0.0121. The molecule has 0 atom stereocenters. The van der Waals surface area contributed by atoms with Crippen LogP contribution < -0.4 is 20.1 Å². The molecule has 3 N–H and O–H groups in total. The summed E-state index contributed by atoms with van der Waals surface area (Å²) in [5.74, 6) is -0.682. The number of hydrogen-bond donors (Lipinski definition) is 3. The van der Waals surface area contributed by atoms with E-state index in [-0.39, 0.29) is 10.8 Å². The standard InChI is InChI=1S/C34H30N4O5S/c39-33(38-44(41,42)30-9-2-1-3-10-30)24-43-29-19-13-25(14-20-29)31-11-4-5-12-32(31)34(40)37-28-17-15-27(16-18-28)36-23-21-26-8-6-7-22-35-26/h1-20,22,36H,21,23-24H2,(H,37,40)(H,38,39). The highest BCUT2D eigenvalue weighted by Crippen LogP contribution is 2.27. The summed E-state index contributed by atoms with van der Waals surface area (Å²) in [5.41, 5.74) is 4.60. The minimum atomic E-state index is -3.98. The first-order valence-corrected chi connectivity index (χ1v) is 15.3. The second-order valence-corrected chi connectivity index (χ2v) is 11.4. The number of benzene rings is 4. The summed E-state index contributed by atoms with van der Waals surface area (Å²) in [7, 11) is -3.98. The first-order valence-electron chi connectivity index (χ1n) is 13.9. The topological polar surface area (TPSA) is 126 Å². The van der Waals surface area contributed by atoms with Gasteiger partial charge in [0, 0.05) is 41.8 Å². The van der Waals surface area contributed by atoms with Crippen LogP contribution in [0.5, 0.6) is 5.75 Å². The molecule has 10 heteroatoms. The Kier molecular flexibility index (Phi) is 9.63. The number of carbonyl (C=O) groups is 2. The van der Waals surface area contributed by atoms with Crippen LogP contribution in [0.15, 0.2) is 132 Å². The highest BCUT2D eigenvalue weighted by molar-refractivity contribution is 7.90. The molecule has 9 nitrogen and oxygen atoms in total. The second-order valence-electron chi connectivity index (χ2n) is 9.73. The molecule has 2 amide bonds. The summed E-state index contributed by atoms with van der Waals surface area (Å²) in [4.78, 5) is 29.8. The fraction of sp³-hybridized carbons (Fsp3) is 0.0882. The molecule has 5 aromatic rings. The number of nitrogens with zero attached hydrogens (tertiary/aromatic N) is 1. The molecule has 5 rings (SSSR count). The third-order valence-corrected chi connectivity index (χ3v) is 7.98. The number of rotatable bonds is 12. The van der Waals surface area contributed by atoms with Crippen LogP contribution in [0.3, 0.4) is 0 Å². The van der Waals surface area contributed by atoms with Crippen LogP contribution in [0, 0.1) is 0 Å². The van der Waals surface area contributed by atoms with E-state index < -0.39 is 22.5 Å². The molecule has 0 aliphatic rings. The Morgan fingerprint density at radius 1 is 0.727 bits per heavy atom. The molecular formula is C34H30N4O5S. The van der Waals surface area contributed by atoms with Gasteiger partial charge in [-0.1, -0.05) is 54.6 Å². The molecule has 0 spiro atoms. The van der Waals surface area contributed by atoms with Gasteiger partial charge in [-0.05, 0) is 77.9 Å². The van der Waals surface area contributed by atoms with Crippen molar-refractivity contribution >= 4 is 33.2 Å². The van der Waals surface area contributed by atoms with Crippen LogP contribution in [-0.2, 0) is 21.2 Å². The van der Waals surface area contributed by atoms with E-state index in [1.165, 1.54) is 12.1 Å². The number of sulfonamides is 1. The molecule has 0 bridgehead atoms. The van der Waals surface area contributed by atoms with Crippen LogP contribution >= 0.6 is 0 Å². The van der Waals surface area contributed by atoms with Crippen molar-refractivity contribution in [2.24, 2.45) is 0 Å². The van der Waals surface area contributed by atoms with Crippen LogP contribution in [0.2, 0.25) is 0 Å². The molecule has 44 heavy (non-hydrogen) atoms. The van der Waals surface area contributed by atoms with Gasteiger partial charge in [0.25, 0.3) is 21.8 Å². The van der Waals surface area contributed by atoms with Crippen molar-refractivity contribution in [3.05, 3.63) is 139 Å². The number of ether oxygens (including phenoxy) is 1. The van der Waals surface area contributed by atoms with Gasteiger partial charge in [0.1, 0.15) is 5.75 Å². The Bertz CT molecular complexity index is 1810. The molecule has 0 saturated carbocycles. The van der Waals surface area contributed by atoms with Crippen LogP contribution in [0.4, 0.5) is 11.4 Å². The number of anilines is 2. The number of pyridine rings is 1. The monoisotopic (exact) mass is 606 g/mol. The SMILES string of the molecule is O=C(COc1ccc(-c2ccccc2C(=O)Nc2ccc(NCCc3ccccn3)cc2)cc1)NS(=O)(=O)c1ccccc1. The molecule has 1 heterocycles. The lowest BCUT2D eigenvalue weighted by atomic mass is 9.99. The molecule has 222 valence electrons. The predicted molar refractivity (Wildman–Crippen MR) is 170 cm³/mol. The highest BCUT2D eigenvalue weighted by atomic mass is 32.2. The quantitative estimate of drug-likeness (QED) is 0.170. The van der Waals surface area contributed by atoms with E-state index in [4.69, 9.17) is 4.74 Å². The highest BCUT2D eigenvalue weighted by Gasteiger charge is 2.18. The van der Waals surface area contributed by atoms with E-state index in [2.05, 4.69) is 15.6 Å². The van der Waals surface area contributed by atoms with E-state index in [9.17, 15) is 18.0 Å². The maximum Gasteiger partial charge on any atom is 0.271 e. The Morgan fingerprint density at radius 3 is 2.14 bits per heavy atom. The van der Waals surface area contributed by atoms with Gasteiger partial charge >= 0.3 is 0 Å². The zero-order valence-electron chi connectivity index (χ0n) is 23.6. The average Bonchev–Trinajstić information content (AvgIpc) is 3.05. The van der Waals surface area contributed by atoms with E-state index in [0.717, 1.165) is 35.5 Å². The van der Waals surface area contributed by atoms with E-state index in [1.54, 1.807) is 60.8 Å². The van der Waals surface area contributed by atoms with Crippen LogP contribution in [0.25, 0.3) is 11.1 Å². The molecule has 1 aromatic heterocycles. The van der Waals surface area contributed by atoms with Crippen molar-refractivity contribution in [3.8, 4) is 16.9 Å². The van der Waals surface area contributed by atoms with Gasteiger partial charge in [0.15, 0.2) is 6.61 Å². The Morgan fingerprint density at radius 2 is 1.41 bits per heavy atom. The number of carbonyl (C=O) groups excluding carboxylic acids is 2. The lowest BCUT2D eigenvalue weighted by Gasteiger charge is -2.12. The van der Waals surface area contributed by atoms with Crippen LogP contribution in [0.1, 0.15) is 16.1 Å². The summed E-state index contributed by atoms with van der Waals surface area (Å²) < 4.78 is 32.1. The molecule has 0 aliphatic heterocycles. The molecule has 0 unspecified atom stereocenters. The maximum absolute atomic E-state index is 13.2. The zero-order chi connectivity index (χ0) is 30.8. The summed E-state index contributed by atoms with van der Waals surface area (Å²) in [5, 5.41) is 6.32. The van der Waals surface area contributed by atoms with Crippen LogP contribution in [-0.4, -0.2) is 38.4 Å². The third-order valence-electron chi connectivity index (χ3n) is 6.59. The smallest absolute Gasteiger partial charge is 0.271 e. The lowest BCUT2D eigenvalue weighted by molar-refractivity contribution is -0.121. The number of hydrogen-bond acceptors (Lipinski definition) is 7. The molecule has 0 saturated heterocycles. The van der Waals surface area contributed by atoms with E-state index in [0.29, 0.717) is 17.0 Å². The van der Waals surface area contributed by atoms with Gasteiger partial charge in [-0.3, -0.25) is 14.6 Å². The van der Waals surface area contributed by atoms with E-state index in [1.807, 2.05) is 59.3 Å². The van der Waals surface area contributed by atoms with Gasteiger partial charge in [0.2, 0.25) is 0 Å². The zero-order valence-corrected chi connectivity index (χ0v) is 24.5. The Labute approximate surface area is 256 Å². The Hall–Kier alpha value is -5.48. The van der Waals surface area contributed by atoms with Crippen molar-refractivity contribution < 1.29 is 22.7 Å². The normalized spacial score (nSPS) is 10.9. The molecular weight excluding hydrogens is 576 g/mol. The average molecular weight is 607 g/mol. The second kappa shape index (κ2) is 14.1. The van der Waals surface area contributed by atoms with Gasteiger partial charge in [0.05, 0.1) is 4.90 Å². The van der Waals surface area contributed by atoms with Gasteiger partial charge < -0.3 is 15.4 Å². The predicted octanol–water partition coefficient (Wildman–Crippen LogP) is 5.54. The van der Waals surface area contributed by atoms with Crippen molar-refractivity contribution in [1.82, 2.24) is 9.71 Å². The fourth-order valence-corrected chi connectivity index (χ4v) is 5.39. The summed E-state index contributed by atoms with van der Waals surface area (Å²) in [6.45, 7) is 0.256. The molecule has 0 aliphatic carbocycles. The molecule has 0 radical (unpaired) electrons. The van der Waals surface area contributed by atoms with Crippen molar-refractivity contribution in [3.63, 3.8) is 0 Å². The van der Waals surface area contributed by atoms with Gasteiger partial charge in [-0.15, -0.1) is 0 Å². The summed E-state index contributed by atoms with van der Waals surface area (Å²) in [6.07, 6.45) is 2.58. The lowest BCUT2D eigenvalue weighted by Crippen LogP contribution is -2.34. The Balaban J connectivity index is 1.16. The largest absolute Gasteiger partial charge is 0.484 e. The summed E-state index contributed by atoms with van der Waals surface area (Å²) in [6, 6.07) is 35.1. The first-order chi connectivity index (χ1) is 21.4. The number of amides is 2. The minimum Gasteiger partial charge on any atom is -0.484 e. The van der Waals surface area contributed by atoms with Crippen molar-refractivity contribution in [2.45, 2.75) is 11.3 Å². The van der Waals surface area contributed by atoms with Gasteiger partial charge in [-0.25, -0.2) is 13.1 Å². The van der Waals surface area contributed by atoms with Crippen molar-refractivity contribution in [1.29, 1.82) is 0 Å². The molecule has 0 fully saturated rings. The maximum atomic E-state index is 13.2. The fourth-order valence-electron chi connectivity index (χ4n) is 4.40. The molecule has 4 aromatic carbocycles.